The van der Waals surface area contributed by atoms with Crippen LogP contribution >= 0.6 is 0 Å². The van der Waals surface area contributed by atoms with Crippen LogP contribution in [0.5, 0.6) is 11.5 Å². The predicted octanol–water partition coefficient (Wildman–Crippen LogP) is 2.82. The van der Waals surface area contributed by atoms with Crippen molar-refractivity contribution >= 4 is 27.5 Å². The van der Waals surface area contributed by atoms with Gasteiger partial charge in [0.15, 0.2) is 11.5 Å². The quantitative estimate of drug-likeness (QED) is 0.535. The van der Waals surface area contributed by atoms with Crippen molar-refractivity contribution in [3.8, 4) is 11.5 Å². The molecular weight excluding hydrogens is 470 g/mol. The number of hydrogen-bond donors (Lipinski definition) is 1. The van der Waals surface area contributed by atoms with Crippen LogP contribution in [-0.2, 0) is 26.2 Å². The SMILES string of the molecule is CC[C@H](C)NC(=O)[C@@H](C)N(Cc1ccc(C)cc1)C(=O)CN(c1ccc2c(c1)OCO2)S(C)(=O)=O. The third kappa shape index (κ3) is 6.66. The summed E-state index contributed by atoms with van der Waals surface area (Å²) in [4.78, 5) is 27.9. The molecule has 0 aromatic heterocycles. The van der Waals surface area contributed by atoms with Crippen molar-refractivity contribution in [1.82, 2.24) is 10.2 Å². The number of nitrogens with zero attached hydrogens (tertiary/aromatic N) is 2. The number of ether oxygens (including phenoxy) is 2. The van der Waals surface area contributed by atoms with Gasteiger partial charge in [0.25, 0.3) is 0 Å². The molecule has 0 aliphatic carbocycles. The summed E-state index contributed by atoms with van der Waals surface area (Å²) in [6.45, 7) is 7.20. The Bertz CT molecular complexity index is 1170. The van der Waals surface area contributed by atoms with E-state index in [1.807, 2.05) is 45.0 Å². The van der Waals surface area contributed by atoms with Gasteiger partial charge in [-0.1, -0.05) is 36.8 Å². The molecule has 10 heteroatoms. The van der Waals surface area contributed by atoms with Gasteiger partial charge in [-0.05, 0) is 44.9 Å². The van der Waals surface area contributed by atoms with Gasteiger partial charge < -0.3 is 19.7 Å². The molecule has 0 radical (unpaired) electrons. The third-order valence-corrected chi connectivity index (χ3v) is 7.11. The molecule has 1 heterocycles. The molecule has 190 valence electrons. The van der Waals surface area contributed by atoms with Crippen molar-refractivity contribution in [3.63, 3.8) is 0 Å². The topological polar surface area (TPSA) is 105 Å². The van der Waals surface area contributed by atoms with Crippen molar-refractivity contribution in [1.29, 1.82) is 0 Å². The highest BCUT2D eigenvalue weighted by atomic mass is 32.2. The number of anilines is 1. The average Bonchev–Trinajstić information content (AvgIpc) is 3.28. The Morgan fingerprint density at radius 3 is 2.34 bits per heavy atom. The van der Waals surface area contributed by atoms with E-state index in [1.165, 1.54) is 11.0 Å². The zero-order chi connectivity index (χ0) is 25.8. The molecule has 1 aliphatic rings. The fourth-order valence-electron chi connectivity index (χ4n) is 3.59. The molecule has 2 aromatic rings. The Balaban J connectivity index is 1.90. The summed E-state index contributed by atoms with van der Waals surface area (Å²) < 4.78 is 37.0. The lowest BCUT2D eigenvalue weighted by Crippen LogP contribution is -2.52. The monoisotopic (exact) mass is 503 g/mol. The third-order valence-electron chi connectivity index (χ3n) is 5.97. The maximum absolute atomic E-state index is 13.6. The van der Waals surface area contributed by atoms with Gasteiger partial charge in [-0.25, -0.2) is 8.42 Å². The van der Waals surface area contributed by atoms with E-state index in [9.17, 15) is 18.0 Å². The Morgan fingerprint density at radius 2 is 1.71 bits per heavy atom. The number of benzene rings is 2. The summed E-state index contributed by atoms with van der Waals surface area (Å²) in [6, 6.07) is 11.5. The Hall–Kier alpha value is -3.27. The number of carbonyl (C=O) groups is 2. The van der Waals surface area contributed by atoms with E-state index in [4.69, 9.17) is 9.47 Å². The lowest BCUT2D eigenvalue weighted by Gasteiger charge is -2.32. The predicted molar refractivity (Wildman–Crippen MR) is 134 cm³/mol. The van der Waals surface area contributed by atoms with Gasteiger partial charge >= 0.3 is 0 Å². The number of amides is 2. The number of carbonyl (C=O) groups excluding carboxylic acids is 2. The van der Waals surface area contributed by atoms with Crippen LogP contribution in [0.3, 0.4) is 0 Å². The van der Waals surface area contributed by atoms with Crippen LogP contribution < -0.4 is 19.1 Å². The van der Waals surface area contributed by atoms with Gasteiger partial charge in [0.2, 0.25) is 28.6 Å². The molecule has 35 heavy (non-hydrogen) atoms. The molecule has 1 N–H and O–H groups in total. The molecule has 0 bridgehead atoms. The molecular formula is C25H33N3O6S. The molecule has 1 aliphatic heterocycles. The largest absolute Gasteiger partial charge is 0.454 e. The minimum absolute atomic E-state index is 0.0454. The summed E-state index contributed by atoms with van der Waals surface area (Å²) in [5.74, 6) is 0.112. The normalized spacial score (nSPS) is 14.2. The van der Waals surface area contributed by atoms with Crippen LogP contribution in [0.15, 0.2) is 42.5 Å². The number of nitrogens with one attached hydrogen (secondary N) is 1. The first-order chi connectivity index (χ1) is 16.5. The van der Waals surface area contributed by atoms with E-state index >= 15 is 0 Å². The molecule has 2 amide bonds. The standard InChI is InChI=1S/C25H33N3O6S/c1-6-18(3)26-25(30)19(4)27(14-20-9-7-17(2)8-10-20)24(29)15-28(35(5,31)32)21-11-12-22-23(13-21)34-16-33-22/h7-13,18-19H,6,14-16H2,1-5H3,(H,26,30)/t18-,19+/m0/s1. The number of hydrogen-bond acceptors (Lipinski definition) is 6. The van der Waals surface area contributed by atoms with Crippen LogP contribution in [0.2, 0.25) is 0 Å². The number of fused-ring (bicyclic) bond motifs is 1. The molecule has 2 atom stereocenters. The van der Waals surface area contributed by atoms with Crippen molar-refractivity contribution in [2.24, 2.45) is 0 Å². The molecule has 0 saturated heterocycles. The van der Waals surface area contributed by atoms with Gasteiger partial charge in [0, 0.05) is 18.7 Å². The lowest BCUT2D eigenvalue weighted by atomic mass is 10.1. The first kappa shape index (κ1) is 26.3. The Morgan fingerprint density at radius 1 is 1.06 bits per heavy atom. The maximum atomic E-state index is 13.6. The summed E-state index contributed by atoms with van der Waals surface area (Å²) in [6.07, 6.45) is 1.78. The Labute approximate surface area is 207 Å². The van der Waals surface area contributed by atoms with E-state index in [1.54, 1.807) is 19.1 Å². The zero-order valence-corrected chi connectivity index (χ0v) is 21.6. The minimum atomic E-state index is -3.82. The molecule has 0 spiro atoms. The van der Waals surface area contributed by atoms with Gasteiger partial charge in [-0.15, -0.1) is 0 Å². The van der Waals surface area contributed by atoms with E-state index in [0.717, 1.165) is 28.1 Å². The number of rotatable bonds is 10. The van der Waals surface area contributed by atoms with E-state index in [0.29, 0.717) is 11.5 Å². The average molecular weight is 504 g/mol. The number of sulfonamides is 1. The van der Waals surface area contributed by atoms with Crippen molar-refractivity contribution in [3.05, 3.63) is 53.6 Å². The molecule has 0 unspecified atom stereocenters. The smallest absolute Gasteiger partial charge is 0.244 e. The van der Waals surface area contributed by atoms with Gasteiger partial charge in [-0.3, -0.25) is 13.9 Å². The van der Waals surface area contributed by atoms with Crippen LogP contribution in [0.1, 0.15) is 38.3 Å². The zero-order valence-electron chi connectivity index (χ0n) is 20.8. The molecule has 9 nitrogen and oxygen atoms in total. The summed E-state index contributed by atoms with van der Waals surface area (Å²) in [5.41, 5.74) is 2.18. The summed E-state index contributed by atoms with van der Waals surface area (Å²) >= 11 is 0. The first-order valence-electron chi connectivity index (χ1n) is 11.5. The van der Waals surface area contributed by atoms with Crippen LogP contribution in [0.4, 0.5) is 5.69 Å². The maximum Gasteiger partial charge on any atom is 0.244 e. The molecule has 0 saturated carbocycles. The second kappa shape index (κ2) is 11.0. The van der Waals surface area contributed by atoms with E-state index in [-0.39, 0.29) is 31.0 Å². The van der Waals surface area contributed by atoms with Crippen LogP contribution in [0.25, 0.3) is 0 Å². The van der Waals surface area contributed by atoms with Gasteiger partial charge in [-0.2, -0.15) is 0 Å². The second-order valence-electron chi connectivity index (χ2n) is 8.81. The second-order valence-corrected chi connectivity index (χ2v) is 10.7. The van der Waals surface area contributed by atoms with Crippen LogP contribution in [0, 0.1) is 6.92 Å². The number of aryl methyl sites for hydroxylation is 1. The van der Waals surface area contributed by atoms with E-state index < -0.39 is 28.5 Å². The lowest BCUT2D eigenvalue weighted by molar-refractivity contribution is -0.139. The molecule has 2 aromatic carbocycles. The fraction of sp³-hybridized carbons (Fsp3) is 0.440. The summed E-state index contributed by atoms with van der Waals surface area (Å²) in [7, 11) is -3.82. The highest BCUT2D eigenvalue weighted by Crippen LogP contribution is 2.36. The van der Waals surface area contributed by atoms with E-state index in [2.05, 4.69) is 5.32 Å². The minimum Gasteiger partial charge on any atom is -0.454 e. The highest BCUT2D eigenvalue weighted by molar-refractivity contribution is 7.92. The van der Waals surface area contributed by atoms with Gasteiger partial charge in [0.05, 0.1) is 11.9 Å². The summed E-state index contributed by atoms with van der Waals surface area (Å²) in [5, 5.41) is 2.91. The molecule has 3 rings (SSSR count). The first-order valence-corrected chi connectivity index (χ1v) is 13.4. The van der Waals surface area contributed by atoms with Crippen molar-refractivity contribution in [2.75, 3.05) is 23.9 Å². The van der Waals surface area contributed by atoms with Crippen molar-refractivity contribution < 1.29 is 27.5 Å². The highest BCUT2D eigenvalue weighted by Gasteiger charge is 2.31. The van der Waals surface area contributed by atoms with Gasteiger partial charge in [0.1, 0.15) is 12.6 Å². The van der Waals surface area contributed by atoms with Crippen LogP contribution in [-0.4, -0.2) is 56.8 Å². The molecule has 0 fully saturated rings. The Kier molecular flexibility index (Phi) is 8.26. The fourth-order valence-corrected chi connectivity index (χ4v) is 4.43. The van der Waals surface area contributed by atoms with Crippen molar-refractivity contribution in [2.45, 2.75) is 52.7 Å².